The summed E-state index contributed by atoms with van der Waals surface area (Å²) in [5.74, 6) is 1.88. The molecule has 106 valence electrons. The average molecular weight is 289 g/mol. The third-order valence-electron chi connectivity index (χ3n) is 3.17. The van der Waals surface area contributed by atoms with Crippen molar-refractivity contribution in [1.29, 1.82) is 0 Å². The number of aromatic nitrogens is 3. The standard InChI is InChI=1S/C15H19N3OS/c1-3-11-18-14(16-17-15(18)20)6-4-5-12-7-9-13(19-2)10-8-12/h3,7-10H,1,4-6,11H2,2H3,(H,17,20). The predicted molar refractivity (Wildman–Crippen MR) is 82.6 cm³/mol. The van der Waals surface area contributed by atoms with Gasteiger partial charge in [0, 0.05) is 13.0 Å². The Morgan fingerprint density at radius 3 is 2.75 bits per heavy atom. The first-order valence-electron chi connectivity index (χ1n) is 6.62. The fraction of sp³-hybridized carbons (Fsp3) is 0.333. The van der Waals surface area contributed by atoms with E-state index in [1.807, 2.05) is 22.8 Å². The van der Waals surface area contributed by atoms with Crippen LogP contribution in [0, 0.1) is 4.77 Å². The molecule has 0 fully saturated rings. The van der Waals surface area contributed by atoms with Crippen LogP contribution in [0.2, 0.25) is 0 Å². The lowest BCUT2D eigenvalue weighted by Gasteiger charge is -2.05. The van der Waals surface area contributed by atoms with E-state index in [1.165, 1.54) is 5.56 Å². The maximum absolute atomic E-state index is 5.19. The molecule has 1 N–H and O–H groups in total. The fourth-order valence-electron chi connectivity index (χ4n) is 2.10. The van der Waals surface area contributed by atoms with Gasteiger partial charge >= 0.3 is 0 Å². The van der Waals surface area contributed by atoms with E-state index >= 15 is 0 Å². The van der Waals surface area contributed by atoms with E-state index in [0.717, 1.165) is 30.8 Å². The van der Waals surface area contributed by atoms with Crippen LogP contribution in [0.3, 0.4) is 0 Å². The SMILES string of the molecule is C=CCn1c(CCCc2ccc(OC)cc2)n[nH]c1=S. The molecule has 1 heterocycles. The average Bonchev–Trinajstić information content (AvgIpc) is 2.82. The Balaban J connectivity index is 1.92. The first kappa shape index (κ1) is 14.5. The minimum Gasteiger partial charge on any atom is -0.497 e. The van der Waals surface area contributed by atoms with E-state index in [1.54, 1.807) is 7.11 Å². The summed E-state index contributed by atoms with van der Waals surface area (Å²) in [6.45, 7) is 4.44. The van der Waals surface area contributed by atoms with Gasteiger partial charge in [0.1, 0.15) is 11.6 Å². The molecule has 0 aliphatic heterocycles. The molecule has 0 amide bonds. The van der Waals surface area contributed by atoms with Crippen LogP contribution in [0.15, 0.2) is 36.9 Å². The second-order valence-electron chi connectivity index (χ2n) is 4.55. The fourth-order valence-corrected chi connectivity index (χ4v) is 2.33. The van der Waals surface area contributed by atoms with Gasteiger partial charge in [0.2, 0.25) is 0 Å². The van der Waals surface area contributed by atoms with Crippen LogP contribution in [-0.4, -0.2) is 21.9 Å². The number of hydrogen-bond acceptors (Lipinski definition) is 3. The first-order valence-corrected chi connectivity index (χ1v) is 7.03. The molecule has 0 aliphatic rings. The largest absolute Gasteiger partial charge is 0.497 e. The van der Waals surface area contributed by atoms with E-state index in [2.05, 4.69) is 28.9 Å². The number of aryl methyl sites for hydroxylation is 2. The molecular weight excluding hydrogens is 270 g/mol. The van der Waals surface area contributed by atoms with Gasteiger partial charge in [-0.1, -0.05) is 18.2 Å². The van der Waals surface area contributed by atoms with Crippen LogP contribution in [0.5, 0.6) is 5.75 Å². The highest BCUT2D eigenvalue weighted by Gasteiger charge is 2.04. The summed E-state index contributed by atoms with van der Waals surface area (Å²) in [4.78, 5) is 0. The van der Waals surface area contributed by atoms with Crippen molar-refractivity contribution in [2.24, 2.45) is 0 Å². The summed E-state index contributed by atoms with van der Waals surface area (Å²) in [5.41, 5.74) is 1.30. The second-order valence-corrected chi connectivity index (χ2v) is 4.93. The number of nitrogens with one attached hydrogen (secondary N) is 1. The van der Waals surface area contributed by atoms with Gasteiger partial charge in [-0.3, -0.25) is 5.10 Å². The van der Waals surface area contributed by atoms with Gasteiger partial charge in [-0.25, -0.2) is 0 Å². The van der Waals surface area contributed by atoms with Crippen molar-refractivity contribution >= 4 is 12.2 Å². The lowest BCUT2D eigenvalue weighted by Crippen LogP contribution is -2.03. The molecule has 0 radical (unpaired) electrons. The Morgan fingerprint density at radius 2 is 2.10 bits per heavy atom. The van der Waals surface area contributed by atoms with E-state index in [-0.39, 0.29) is 0 Å². The zero-order chi connectivity index (χ0) is 14.4. The quantitative estimate of drug-likeness (QED) is 0.628. The topological polar surface area (TPSA) is 42.8 Å². The molecule has 1 aromatic carbocycles. The molecular formula is C15H19N3OS. The van der Waals surface area contributed by atoms with Gasteiger partial charge in [0.05, 0.1) is 7.11 Å². The summed E-state index contributed by atoms with van der Waals surface area (Å²) in [7, 11) is 1.68. The van der Waals surface area contributed by atoms with Crippen molar-refractivity contribution in [3.8, 4) is 5.75 Å². The van der Waals surface area contributed by atoms with Crippen LogP contribution >= 0.6 is 12.2 Å². The Kier molecular flexibility index (Phi) is 5.12. The highest BCUT2D eigenvalue weighted by molar-refractivity contribution is 7.71. The number of rotatable bonds is 7. The van der Waals surface area contributed by atoms with Crippen molar-refractivity contribution in [1.82, 2.24) is 14.8 Å². The number of ether oxygens (including phenoxy) is 1. The molecule has 4 nitrogen and oxygen atoms in total. The number of aromatic amines is 1. The van der Waals surface area contributed by atoms with Crippen molar-refractivity contribution in [3.63, 3.8) is 0 Å². The molecule has 20 heavy (non-hydrogen) atoms. The van der Waals surface area contributed by atoms with E-state index in [0.29, 0.717) is 11.3 Å². The van der Waals surface area contributed by atoms with Gasteiger partial charge in [0.25, 0.3) is 0 Å². The summed E-state index contributed by atoms with van der Waals surface area (Å²) in [6, 6.07) is 8.17. The number of nitrogens with zero attached hydrogens (tertiary/aromatic N) is 2. The van der Waals surface area contributed by atoms with Crippen LogP contribution in [0.1, 0.15) is 17.8 Å². The number of methoxy groups -OCH3 is 1. The van der Waals surface area contributed by atoms with Gasteiger partial charge < -0.3 is 9.30 Å². The predicted octanol–water partition coefficient (Wildman–Crippen LogP) is 3.31. The lowest BCUT2D eigenvalue weighted by molar-refractivity contribution is 0.414. The van der Waals surface area contributed by atoms with Crippen LogP contribution in [0.25, 0.3) is 0 Å². The minimum atomic E-state index is 0.657. The zero-order valence-electron chi connectivity index (χ0n) is 11.6. The Labute approximate surface area is 124 Å². The van der Waals surface area contributed by atoms with Crippen molar-refractivity contribution in [3.05, 3.63) is 53.1 Å². The van der Waals surface area contributed by atoms with Crippen molar-refractivity contribution in [2.45, 2.75) is 25.8 Å². The Bertz CT molecular complexity index is 613. The second kappa shape index (κ2) is 7.05. The van der Waals surface area contributed by atoms with Gasteiger partial charge in [-0.05, 0) is 42.8 Å². The maximum atomic E-state index is 5.19. The molecule has 1 aromatic heterocycles. The monoisotopic (exact) mass is 289 g/mol. The van der Waals surface area contributed by atoms with Crippen molar-refractivity contribution < 1.29 is 4.74 Å². The van der Waals surface area contributed by atoms with E-state index < -0.39 is 0 Å². The molecule has 0 unspecified atom stereocenters. The molecule has 2 aromatic rings. The minimum absolute atomic E-state index is 0.657. The van der Waals surface area contributed by atoms with E-state index in [9.17, 15) is 0 Å². The van der Waals surface area contributed by atoms with Gasteiger partial charge in [0.15, 0.2) is 4.77 Å². The molecule has 0 aliphatic carbocycles. The molecule has 0 saturated heterocycles. The molecule has 0 spiro atoms. The first-order chi connectivity index (χ1) is 9.74. The van der Waals surface area contributed by atoms with Crippen molar-refractivity contribution in [2.75, 3.05) is 7.11 Å². The smallest absolute Gasteiger partial charge is 0.195 e. The number of benzene rings is 1. The van der Waals surface area contributed by atoms with Crippen LogP contribution in [-0.2, 0) is 19.4 Å². The Morgan fingerprint density at radius 1 is 1.35 bits per heavy atom. The van der Waals surface area contributed by atoms with Gasteiger partial charge in [-0.15, -0.1) is 6.58 Å². The van der Waals surface area contributed by atoms with E-state index in [4.69, 9.17) is 17.0 Å². The Hall–Kier alpha value is -1.88. The van der Waals surface area contributed by atoms with Crippen LogP contribution < -0.4 is 4.74 Å². The van der Waals surface area contributed by atoms with Crippen LogP contribution in [0.4, 0.5) is 0 Å². The number of allylic oxidation sites excluding steroid dienone is 1. The molecule has 0 saturated carbocycles. The summed E-state index contributed by atoms with van der Waals surface area (Å²) in [5, 5.41) is 7.11. The third-order valence-corrected chi connectivity index (χ3v) is 3.49. The summed E-state index contributed by atoms with van der Waals surface area (Å²) in [6.07, 6.45) is 4.77. The summed E-state index contributed by atoms with van der Waals surface area (Å²) < 4.78 is 7.79. The molecule has 0 bridgehead atoms. The normalized spacial score (nSPS) is 10.4. The van der Waals surface area contributed by atoms with Gasteiger partial charge in [-0.2, -0.15) is 5.10 Å². The molecule has 2 rings (SSSR count). The third kappa shape index (κ3) is 3.57. The highest BCUT2D eigenvalue weighted by Crippen LogP contribution is 2.13. The number of H-pyrrole nitrogens is 1. The number of hydrogen-bond donors (Lipinski definition) is 1. The molecule has 0 atom stereocenters. The summed E-state index contributed by atoms with van der Waals surface area (Å²) >= 11 is 5.19. The lowest BCUT2D eigenvalue weighted by atomic mass is 10.1. The molecule has 5 heteroatoms. The maximum Gasteiger partial charge on any atom is 0.195 e. The highest BCUT2D eigenvalue weighted by atomic mass is 32.1. The zero-order valence-corrected chi connectivity index (χ0v) is 12.4.